The third kappa shape index (κ3) is 6.43. The van der Waals surface area contributed by atoms with Crippen LogP contribution in [0.15, 0.2) is 91.0 Å². The normalized spacial score (nSPS) is 11.4. The molecule has 0 saturated carbocycles. The monoisotopic (exact) mass is 498 g/mol. The van der Waals surface area contributed by atoms with Crippen molar-refractivity contribution in [2.24, 2.45) is 0 Å². The molecule has 0 spiro atoms. The summed E-state index contributed by atoms with van der Waals surface area (Å²) in [6.45, 7) is 0. The molecule has 4 rings (SSSR count). The van der Waals surface area contributed by atoms with Crippen molar-refractivity contribution in [2.45, 2.75) is 18.9 Å². The number of para-hydroxylation sites is 2. The van der Waals surface area contributed by atoms with Crippen LogP contribution in [0.5, 0.6) is 17.2 Å². The summed E-state index contributed by atoms with van der Waals surface area (Å²) in [4.78, 5) is 37.7. The Bertz CT molecular complexity index is 1430. The fraction of sp³-hybridized carbons (Fsp3) is 0.138. The number of anilines is 1. The van der Waals surface area contributed by atoms with Crippen LogP contribution in [0.2, 0.25) is 0 Å². The third-order valence-corrected chi connectivity index (χ3v) is 5.72. The van der Waals surface area contributed by atoms with Crippen LogP contribution in [-0.2, 0) is 9.59 Å². The Labute approximate surface area is 213 Å². The first-order valence-electron chi connectivity index (χ1n) is 11.7. The summed E-state index contributed by atoms with van der Waals surface area (Å²) >= 11 is 0. The molecule has 0 fully saturated rings. The molecule has 0 saturated heterocycles. The number of rotatable bonds is 10. The molecule has 0 aliphatic carbocycles. The highest BCUT2D eigenvalue weighted by atomic mass is 16.5. The predicted octanol–water partition coefficient (Wildman–Crippen LogP) is 5.24. The number of carboxylic acids is 1. The zero-order chi connectivity index (χ0) is 26.2. The first-order chi connectivity index (χ1) is 17.9. The molecule has 0 heterocycles. The highest BCUT2D eigenvalue weighted by Gasteiger charge is 2.24. The van der Waals surface area contributed by atoms with Crippen LogP contribution >= 0.6 is 0 Å². The molecule has 4 aromatic carbocycles. The van der Waals surface area contributed by atoms with E-state index in [1.807, 2.05) is 30.3 Å². The predicted molar refractivity (Wildman–Crippen MR) is 140 cm³/mol. The Balaban J connectivity index is 1.55. The Morgan fingerprint density at radius 1 is 0.865 bits per heavy atom. The average Bonchev–Trinajstić information content (AvgIpc) is 2.91. The van der Waals surface area contributed by atoms with Gasteiger partial charge in [0, 0.05) is 18.1 Å². The molecule has 0 aliphatic heterocycles. The molecule has 8 nitrogen and oxygen atoms in total. The van der Waals surface area contributed by atoms with E-state index in [0.29, 0.717) is 28.5 Å². The van der Waals surface area contributed by atoms with Crippen molar-refractivity contribution in [3.8, 4) is 17.2 Å². The molecule has 4 aromatic rings. The Kier molecular flexibility index (Phi) is 8.00. The lowest BCUT2D eigenvalue weighted by molar-refractivity contribution is -0.137. The van der Waals surface area contributed by atoms with Gasteiger partial charge in [-0.2, -0.15) is 0 Å². The molecule has 3 N–H and O–H groups in total. The topological polar surface area (TPSA) is 114 Å². The fourth-order valence-corrected chi connectivity index (χ4v) is 3.87. The minimum absolute atomic E-state index is 0.0867. The number of nitrogens with one attached hydrogen (secondary N) is 2. The summed E-state index contributed by atoms with van der Waals surface area (Å²) in [6.07, 6.45) is -0.382. The number of aliphatic carboxylic acids is 1. The summed E-state index contributed by atoms with van der Waals surface area (Å²) in [5.41, 5.74) is 0.767. The van der Waals surface area contributed by atoms with Gasteiger partial charge in [0.2, 0.25) is 5.91 Å². The summed E-state index contributed by atoms with van der Waals surface area (Å²) in [6, 6.07) is 25.5. The molecular weight excluding hydrogens is 472 g/mol. The molecule has 1 unspecified atom stereocenters. The molecule has 0 radical (unpaired) electrons. The molecule has 188 valence electrons. The van der Waals surface area contributed by atoms with Crippen LogP contribution in [0.1, 0.15) is 23.2 Å². The largest absolute Gasteiger partial charge is 0.497 e. The van der Waals surface area contributed by atoms with Crippen LogP contribution in [0.4, 0.5) is 5.69 Å². The van der Waals surface area contributed by atoms with Crippen molar-refractivity contribution in [3.05, 3.63) is 96.6 Å². The number of methoxy groups -OCH3 is 1. The summed E-state index contributed by atoms with van der Waals surface area (Å²) in [5, 5.41) is 16.3. The second-order valence-corrected chi connectivity index (χ2v) is 8.25. The molecule has 0 bridgehead atoms. The number of hydrogen-bond acceptors (Lipinski definition) is 5. The number of carbonyl (C=O) groups excluding carboxylic acids is 2. The zero-order valence-corrected chi connectivity index (χ0v) is 20.1. The van der Waals surface area contributed by atoms with E-state index < -0.39 is 23.8 Å². The lowest BCUT2D eigenvalue weighted by Gasteiger charge is -2.20. The quantitative estimate of drug-likeness (QED) is 0.275. The number of carbonyl (C=O) groups is 3. The Morgan fingerprint density at radius 2 is 1.57 bits per heavy atom. The standard InChI is InChI=1S/C29H26N2O6/c1-36-20-10-7-11-21(18-20)37-26-15-5-4-14-24(26)30-29(35)25(16-17-27(32)33)31-28(34)23-13-6-9-19-8-2-3-12-22(19)23/h2-15,18,25H,16-17H2,1H3,(H,30,35)(H,31,34)(H,32,33). The van der Waals surface area contributed by atoms with E-state index in [9.17, 15) is 19.5 Å². The van der Waals surface area contributed by atoms with Gasteiger partial charge in [-0.05, 0) is 47.5 Å². The Hall–Kier alpha value is -4.85. The average molecular weight is 499 g/mol. The highest BCUT2D eigenvalue weighted by molar-refractivity contribution is 6.09. The summed E-state index contributed by atoms with van der Waals surface area (Å²) in [7, 11) is 1.55. The molecule has 0 aliphatic rings. The van der Waals surface area contributed by atoms with Crippen molar-refractivity contribution >= 4 is 34.2 Å². The summed E-state index contributed by atoms with van der Waals surface area (Å²) in [5.74, 6) is -0.600. The van der Waals surface area contributed by atoms with Crippen molar-refractivity contribution in [2.75, 3.05) is 12.4 Å². The van der Waals surface area contributed by atoms with Crippen LogP contribution in [-0.4, -0.2) is 36.0 Å². The lowest BCUT2D eigenvalue weighted by atomic mass is 10.0. The van der Waals surface area contributed by atoms with E-state index in [-0.39, 0.29) is 12.8 Å². The maximum absolute atomic E-state index is 13.3. The van der Waals surface area contributed by atoms with E-state index in [0.717, 1.165) is 10.8 Å². The highest BCUT2D eigenvalue weighted by Crippen LogP contribution is 2.31. The minimum Gasteiger partial charge on any atom is -0.497 e. The van der Waals surface area contributed by atoms with Gasteiger partial charge in [0.1, 0.15) is 17.5 Å². The van der Waals surface area contributed by atoms with Crippen molar-refractivity contribution < 1.29 is 29.0 Å². The first kappa shape index (κ1) is 25.2. The van der Waals surface area contributed by atoms with Gasteiger partial charge in [-0.3, -0.25) is 14.4 Å². The van der Waals surface area contributed by atoms with E-state index >= 15 is 0 Å². The zero-order valence-electron chi connectivity index (χ0n) is 20.1. The van der Waals surface area contributed by atoms with E-state index in [1.54, 1.807) is 67.8 Å². The number of ether oxygens (including phenoxy) is 2. The van der Waals surface area contributed by atoms with Gasteiger partial charge < -0.3 is 25.2 Å². The second kappa shape index (κ2) is 11.7. The molecule has 0 aromatic heterocycles. The van der Waals surface area contributed by atoms with Crippen LogP contribution in [0.25, 0.3) is 10.8 Å². The SMILES string of the molecule is COc1cccc(Oc2ccccc2NC(=O)C(CCC(=O)O)NC(=O)c2cccc3ccccc23)c1. The van der Waals surface area contributed by atoms with E-state index in [1.165, 1.54) is 0 Å². The molecule has 2 amide bonds. The lowest BCUT2D eigenvalue weighted by Crippen LogP contribution is -2.44. The molecule has 37 heavy (non-hydrogen) atoms. The first-order valence-corrected chi connectivity index (χ1v) is 11.7. The third-order valence-electron chi connectivity index (χ3n) is 5.72. The summed E-state index contributed by atoms with van der Waals surface area (Å²) < 4.78 is 11.2. The maximum Gasteiger partial charge on any atom is 0.303 e. The fourth-order valence-electron chi connectivity index (χ4n) is 3.87. The van der Waals surface area contributed by atoms with Gasteiger partial charge in [-0.15, -0.1) is 0 Å². The number of fused-ring (bicyclic) bond motifs is 1. The number of benzene rings is 4. The van der Waals surface area contributed by atoms with Crippen LogP contribution < -0.4 is 20.1 Å². The molecule has 8 heteroatoms. The van der Waals surface area contributed by atoms with Gasteiger partial charge in [0.05, 0.1) is 12.8 Å². The second-order valence-electron chi connectivity index (χ2n) is 8.25. The minimum atomic E-state index is -1.09. The van der Waals surface area contributed by atoms with Gasteiger partial charge in [0.25, 0.3) is 5.91 Å². The Morgan fingerprint density at radius 3 is 2.38 bits per heavy atom. The number of carboxylic acid groups (broad SMARTS) is 1. The van der Waals surface area contributed by atoms with Crippen LogP contribution in [0.3, 0.4) is 0 Å². The van der Waals surface area contributed by atoms with Crippen molar-refractivity contribution in [3.63, 3.8) is 0 Å². The van der Waals surface area contributed by atoms with Gasteiger partial charge in [-0.1, -0.05) is 54.6 Å². The van der Waals surface area contributed by atoms with Crippen molar-refractivity contribution in [1.82, 2.24) is 5.32 Å². The van der Waals surface area contributed by atoms with Gasteiger partial charge in [-0.25, -0.2) is 0 Å². The maximum atomic E-state index is 13.3. The van der Waals surface area contributed by atoms with E-state index in [4.69, 9.17) is 9.47 Å². The van der Waals surface area contributed by atoms with Gasteiger partial charge >= 0.3 is 5.97 Å². The molecule has 1 atom stereocenters. The number of amides is 2. The molecular formula is C29H26N2O6. The smallest absolute Gasteiger partial charge is 0.303 e. The van der Waals surface area contributed by atoms with Gasteiger partial charge in [0.15, 0.2) is 5.75 Å². The van der Waals surface area contributed by atoms with Crippen molar-refractivity contribution in [1.29, 1.82) is 0 Å². The number of hydrogen-bond donors (Lipinski definition) is 3. The van der Waals surface area contributed by atoms with E-state index in [2.05, 4.69) is 10.6 Å². The van der Waals surface area contributed by atoms with Crippen LogP contribution in [0, 0.1) is 0 Å².